The summed E-state index contributed by atoms with van der Waals surface area (Å²) in [4.78, 5) is 38.9. The molecule has 0 aromatic heterocycles. The van der Waals surface area contributed by atoms with Gasteiger partial charge in [-0.25, -0.2) is 0 Å². The molecule has 0 N–H and O–H groups in total. The molecular weight excluding hydrogens is 526 g/mol. The first-order valence-corrected chi connectivity index (χ1v) is 11.9. The van der Waals surface area contributed by atoms with E-state index in [9.17, 15) is 14.4 Å². The molecule has 2 amide bonds. The zero-order valence-corrected chi connectivity index (χ0v) is 20.3. The SMILES string of the molecule is O=C(CN1C(=O)S/C(=C/c2cccc(OCc3ccc(Cl)cc3)c2)C1=O)c1ccc(Br)cc1. The van der Waals surface area contributed by atoms with Crippen molar-refractivity contribution in [2.45, 2.75) is 6.61 Å². The van der Waals surface area contributed by atoms with Gasteiger partial charge in [-0.3, -0.25) is 19.3 Å². The lowest BCUT2D eigenvalue weighted by atomic mass is 10.1. The fourth-order valence-corrected chi connectivity index (χ4v) is 4.33. The molecule has 3 aromatic rings. The molecule has 0 radical (unpaired) electrons. The molecular formula is C25H17BrClNO4S. The van der Waals surface area contributed by atoms with E-state index in [0.29, 0.717) is 28.5 Å². The van der Waals surface area contributed by atoms with Gasteiger partial charge >= 0.3 is 0 Å². The van der Waals surface area contributed by atoms with Gasteiger partial charge in [-0.15, -0.1) is 0 Å². The summed E-state index contributed by atoms with van der Waals surface area (Å²) in [5, 5.41) is 0.195. The maximum atomic E-state index is 12.8. The Labute approximate surface area is 208 Å². The van der Waals surface area contributed by atoms with Crippen LogP contribution in [0.25, 0.3) is 6.08 Å². The van der Waals surface area contributed by atoms with Gasteiger partial charge in [0, 0.05) is 15.1 Å². The zero-order chi connectivity index (χ0) is 23.4. The lowest BCUT2D eigenvalue weighted by molar-refractivity contribution is -0.122. The van der Waals surface area contributed by atoms with Crippen LogP contribution >= 0.6 is 39.3 Å². The van der Waals surface area contributed by atoms with E-state index in [0.717, 1.165) is 26.7 Å². The molecule has 1 aliphatic rings. The number of imide groups is 1. The van der Waals surface area contributed by atoms with E-state index in [1.54, 1.807) is 48.5 Å². The van der Waals surface area contributed by atoms with Gasteiger partial charge in [-0.2, -0.15) is 0 Å². The summed E-state index contributed by atoms with van der Waals surface area (Å²) >= 11 is 10.0. The Morgan fingerprint density at radius 2 is 1.76 bits per heavy atom. The van der Waals surface area contributed by atoms with Crippen LogP contribution in [0.5, 0.6) is 5.75 Å². The lowest BCUT2D eigenvalue weighted by Crippen LogP contribution is -2.33. The fraction of sp³-hybridized carbons (Fsp3) is 0.0800. The number of ketones is 1. The summed E-state index contributed by atoms with van der Waals surface area (Å²) in [6, 6.07) is 21.4. The van der Waals surface area contributed by atoms with Gasteiger partial charge in [-0.1, -0.05) is 63.9 Å². The molecule has 4 rings (SSSR count). The smallest absolute Gasteiger partial charge is 0.293 e. The molecule has 0 atom stereocenters. The summed E-state index contributed by atoms with van der Waals surface area (Å²) in [5.41, 5.74) is 2.13. The number of hydrogen-bond donors (Lipinski definition) is 0. The number of ether oxygens (including phenoxy) is 1. The van der Waals surface area contributed by atoms with Crippen molar-refractivity contribution >= 4 is 62.3 Å². The zero-order valence-electron chi connectivity index (χ0n) is 17.2. The number of carbonyl (C=O) groups excluding carboxylic acids is 3. The first-order valence-electron chi connectivity index (χ1n) is 9.90. The van der Waals surface area contributed by atoms with Gasteiger partial charge in [0.15, 0.2) is 5.78 Å². The average Bonchev–Trinajstić information content (AvgIpc) is 3.06. The number of carbonyl (C=O) groups is 3. The topological polar surface area (TPSA) is 63.7 Å². The van der Waals surface area contributed by atoms with E-state index in [1.807, 2.05) is 30.3 Å². The number of benzene rings is 3. The standard InChI is InChI=1S/C25H17BrClNO4S/c26-19-8-6-18(7-9-19)22(29)14-28-24(30)23(33-25(28)31)13-17-2-1-3-21(12-17)32-15-16-4-10-20(27)11-5-16/h1-13H,14-15H2/b23-13+. The highest BCUT2D eigenvalue weighted by Crippen LogP contribution is 2.33. The van der Waals surface area contributed by atoms with Crippen molar-refractivity contribution in [3.8, 4) is 5.75 Å². The van der Waals surface area contributed by atoms with E-state index < -0.39 is 11.1 Å². The summed E-state index contributed by atoms with van der Waals surface area (Å²) < 4.78 is 6.67. The second kappa shape index (κ2) is 10.4. The second-order valence-electron chi connectivity index (χ2n) is 7.19. The van der Waals surface area contributed by atoms with Gasteiger partial charge in [-0.05, 0) is 65.4 Å². The van der Waals surface area contributed by atoms with Crippen LogP contribution in [-0.4, -0.2) is 28.4 Å². The van der Waals surface area contributed by atoms with Crippen LogP contribution in [0.1, 0.15) is 21.5 Å². The molecule has 0 aliphatic carbocycles. The van der Waals surface area contributed by atoms with Gasteiger partial charge in [0.25, 0.3) is 11.1 Å². The Kier molecular flexibility index (Phi) is 7.33. The van der Waals surface area contributed by atoms with Crippen molar-refractivity contribution in [3.05, 3.63) is 104 Å². The summed E-state index contributed by atoms with van der Waals surface area (Å²) in [6.07, 6.45) is 1.63. The number of nitrogens with zero attached hydrogens (tertiary/aromatic N) is 1. The van der Waals surface area contributed by atoms with Crippen molar-refractivity contribution < 1.29 is 19.1 Å². The van der Waals surface area contributed by atoms with Crippen LogP contribution in [-0.2, 0) is 11.4 Å². The second-order valence-corrected chi connectivity index (χ2v) is 9.53. The first-order chi connectivity index (χ1) is 15.9. The molecule has 8 heteroatoms. The summed E-state index contributed by atoms with van der Waals surface area (Å²) in [7, 11) is 0. The highest BCUT2D eigenvalue weighted by molar-refractivity contribution is 9.10. The quantitative estimate of drug-likeness (QED) is 0.249. The number of hydrogen-bond acceptors (Lipinski definition) is 5. The number of halogens is 2. The van der Waals surface area contributed by atoms with Gasteiger partial charge < -0.3 is 4.74 Å². The van der Waals surface area contributed by atoms with Crippen LogP contribution < -0.4 is 4.74 Å². The van der Waals surface area contributed by atoms with E-state index in [2.05, 4.69) is 15.9 Å². The normalized spacial score (nSPS) is 14.7. The van der Waals surface area contributed by atoms with E-state index >= 15 is 0 Å². The van der Waals surface area contributed by atoms with Crippen molar-refractivity contribution in [3.63, 3.8) is 0 Å². The van der Waals surface area contributed by atoms with Crippen molar-refractivity contribution in [1.29, 1.82) is 0 Å². The molecule has 166 valence electrons. The first kappa shape index (κ1) is 23.3. The Morgan fingerprint density at radius 3 is 2.48 bits per heavy atom. The fourth-order valence-electron chi connectivity index (χ4n) is 3.10. The predicted molar refractivity (Wildman–Crippen MR) is 133 cm³/mol. The molecule has 5 nitrogen and oxygen atoms in total. The van der Waals surface area contributed by atoms with Gasteiger partial charge in [0.1, 0.15) is 12.4 Å². The van der Waals surface area contributed by atoms with Crippen LogP contribution in [0, 0.1) is 0 Å². The largest absolute Gasteiger partial charge is 0.489 e. The third-order valence-corrected chi connectivity index (χ3v) is 6.50. The van der Waals surface area contributed by atoms with Crippen molar-refractivity contribution in [2.75, 3.05) is 6.54 Å². The monoisotopic (exact) mass is 541 g/mol. The molecule has 33 heavy (non-hydrogen) atoms. The molecule has 1 aliphatic heterocycles. The average molecular weight is 543 g/mol. The Bertz CT molecular complexity index is 1240. The number of Topliss-reactive ketones (excluding diaryl/α,β-unsaturated/α-hetero) is 1. The van der Waals surface area contributed by atoms with Gasteiger partial charge in [0.05, 0.1) is 11.4 Å². The van der Waals surface area contributed by atoms with Gasteiger partial charge in [0.2, 0.25) is 0 Å². The summed E-state index contributed by atoms with van der Waals surface area (Å²) in [5.74, 6) is -0.157. The molecule has 1 saturated heterocycles. The Morgan fingerprint density at radius 1 is 1.03 bits per heavy atom. The van der Waals surface area contributed by atoms with Crippen LogP contribution in [0.2, 0.25) is 5.02 Å². The molecule has 0 unspecified atom stereocenters. The number of rotatable bonds is 7. The summed E-state index contributed by atoms with van der Waals surface area (Å²) in [6.45, 7) is 0.0726. The molecule has 0 saturated carbocycles. The highest BCUT2D eigenvalue weighted by atomic mass is 79.9. The highest BCUT2D eigenvalue weighted by Gasteiger charge is 2.36. The van der Waals surface area contributed by atoms with Crippen LogP contribution in [0.15, 0.2) is 82.2 Å². The third-order valence-electron chi connectivity index (χ3n) is 4.82. The number of thioether (sulfide) groups is 1. The van der Waals surface area contributed by atoms with E-state index in [-0.39, 0.29) is 17.2 Å². The van der Waals surface area contributed by atoms with Crippen molar-refractivity contribution in [1.82, 2.24) is 4.90 Å². The minimum atomic E-state index is -0.483. The molecule has 0 bridgehead atoms. The predicted octanol–water partition coefficient (Wildman–Crippen LogP) is 6.60. The minimum Gasteiger partial charge on any atom is -0.489 e. The Hall–Kier alpha value is -2.87. The van der Waals surface area contributed by atoms with E-state index in [4.69, 9.17) is 16.3 Å². The molecule has 1 fully saturated rings. The maximum Gasteiger partial charge on any atom is 0.293 e. The van der Waals surface area contributed by atoms with Crippen LogP contribution in [0.4, 0.5) is 4.79 Å². The minimum absolute atomic E-state index is 0.262. The number of amides is 2. The maximum absolute atomic E-state index is 12.8. The molecule has 1 heterocycles. The third kappa shape index (κ3) is 5.93. The lowest BCUT2D eigenvalue weighted by Gasteiger charge is -2.11. The van der Waals surface area contributed by atoms with E-state index in [1.165, 1.54) is 0 Å². The van der Waals surface area contributed by atoms with Crippen molar-refractivity contribution in [2.24, 2.45) is 0 Å². The van der Waals surface area contributed by atoms with Crippen LogP contribution in [0.3, 0.4) is 0 Å². The molecule has 0 spiro atoms. The Balaban J connectivity index is 1.43. The molecule has 3 aromatic carbocycles.